The molecule has 0 aliphatic heterocycles. The van der Waals surface area contributed by atoms with Crippen LogP contribution in [0, 0.1) is 0 Å². The van der Waals surface area contributed by atoms with Gasteiger partial charge in [-0.05, 0) is 17.7 Å². The van der Waals surface area contributed by atoms with E-state index in [0.717, 1.165) is 5.56 Å². The van der Waals surface area contributed by atoms with Crippen LogP contribution in [-0.4, -0.2) is 47.3 Å². The lowest BCUT2D eigenvalue weighted by atomic mass is 10.1. The van der Waals surface area contributed by atoms with Gasteiger partial charge in [-0.2, -0.15) is 0 Å². The number of hydrogen-bond acceptors (Lipinski definition) is 3. The summed E-state index contributed by atoms with van der Waals surface area (Å²) < 4.78 is 0. The molecule has 1 rings (SSSR count). The SMILES string of the molecule is CN(C)C(=O)N[C@@H](Cc1ccc(O)cc1)C(=O)O. The van der Waals surface area contributed by atoms with Crippen LogP contribution in [0.15, 0.2) is 24.3 Å². The first-order valence-electron chi connectivity index (χ1n) is 5.38. The molecule has 0 heterocycles. The molecular weight excluding hydrogens is 236 g/mol. The van der Waals surface area contributed by atoms with Gasteiger partial charge < -0.3 is 20.4 Å². The van der Waals surface area contributed by atoms with Crippen molar-refractivity contribution in [2.45, 2.75) is 12.5 Å². The fourth-order valence-corrected chi connectivity index (χ4v) is 1.35. The summed E-state index contributed by atoms with van der Waals surface area (Å²) in [7, 11) is 3.07. The Bertz CT molecular complexity index is 428. The second kappa shape index (κ2) is 5.90. The minimum absolute atomic E-state index is 0.114. The normalized spacial score (nSPS) is 11.7. The Kier molecular flexibility index (Phi) is 4.53. The zero-order chi connectivity index (χ0) is 13.7. The molecule has 18 heavy (non-hydrogen) atoms. The number of carboxylic acids is 1. The number of carbonyl (C=O) groups excluding carboxylic acids is 1. The number of phenols is 1. The quantitative estimate of drug-likeness (QED) is 0.734. The van der Waals surface area contributed by atoms with Gasteiger partial charge in [0.05, 0.1) is 0 Å². The van der Waals surface area contributed by atoms with Crippen molar-refractivity contribution in [1.82, 2.24) is 10.2 Å². The van der Waals surface area contributed by atoms with Crippen molar-refractivity contribution in [3.8, 4) is 5.75 Å². The number of benzene rings is 1. The summed E-state index contributed by atoms with van der Waals surface area (Å²) in [5.74, 6) is -0.985. The van der Waals surface area contributed by atoms with Crippen LogP contribution >= 0.6 is 0 Å². The van der Waals surface area contributed by atoms with E-state index in [2.05, 4.69) is 5.32 Å². The van der Waals surface area contributed by atoms with Crippen molar-refractivity contribution in [2.24, 2.45) is 0 Å². The first-order chi connectivity index (χ1) is 8.40. The fourth-order valence-electron chi connectivity index (χ4n) is 1.35. The third-order valence-corrected chi connectivity index (χ3v) is 2.38. The Balaban J connectivity index is 2.72. The number of rotatable bonds is 4. The summed E-state index contributed by atoms with van der Waals surface area (Å²) in [6, 6.07) is 4.73. The number of amides is 2. The van der Waals surface area contributed by atoms with Crippen LogP contribution in [0.1, 0.15) is 5.56 Å². The number of urea groups is 1. The highest BCUT2D eigenvalue weighted by Gasteiger charge is 2.21. The van der Waals surface area contributed by atoms with Crippen LogP contribution in [0.4, 0.5) is 4.79 Å². The number of carboxylic acid groups (broad SMARTS) is 1. The van der Waals surface area contributed by atoms with E-state index in [0.29, 0.717) is 0 Å². The molecule has 0 radical (unpaired) electrons. The second-order valence-corrected chi connectivity index (χ2v) is 4.11. The maximum absolute atomic E-state index is 11.4. The minimum Gasteiger partial charge on any atom is -0.508 e. The number of nitrogens with zero attached hydrogens (tertiary/aromatic N) is 1. The lowest BCUT2D eigenvalue weighted by Gasteiger charge is -2.18. The number of aromatic hydroxyl groups is 1. The van der Waals surface area contributed by atoms with E-state index in [1.54, 1.807) is 12.1 Å². The maximum Gasteiger partial charge on any atom is 0.326 e. The minimum atomic E-state index is -1.10. The Morgan fingerprint density at radius 3 is 2.28 bits per heavy atom. The van der Waals surface area contributed by atoms with Gasteiger partial charge in [0, 0.05) is 20.5 Å². The van der Waals surface area contributed by atoms with E-state index in [-0.39, 0.29) is 12.2 Å². The van der Waals surface area contributed by atoms with Crippen LogP contribution in [0.3, 0.4) is 0 Å². The first-order valence-corrected chi connectivity index (χ1v) is 5.38. The van der Waals surface area contributed by atoms with E-state index < -0.39 is 18.0 Å². The van der Waals surface area contributed by atoms with Gasteiger partial charge in [-0.3, -0.25) is 0 Å². The Morgan fingerprint density at radius 1 is 1.28 bits per heavy atom. The van der Waals surface area contributed by atoms with Gasteiger partial charge in [-0.25, -0.2) is 9.59 Å². The van der Waals surface area contributed by atoms with Crippen molar-refractivity contribution in [1.29, 1.82) is 0 Å². The Hall–Kier alpha value is -2.24. The summed E-state index contributed by atoms with van der Waals surface area (Å²) in [6.07, 6.45) is 0.162. The van der Waals surface area contributed by atoms with Gasteiger partial charge in [0.15, 0.2) is 0 Å². The average molecular weight is 252 g/mol. The largest absolute Gasteiger partial charge is 0.508 e. The summed E-state index contributed by atoms with van der Waals surface area (Å²) in [6.45, 7) is 0. The molecule has 2 amide bonds. The molecule has 1 aromatic rings. The first kappa shape index (κ1) is 13.8. The van der Waals surface area contributed by atoms with E-state index in [9.17, 15) is 9.59 Å². The highest BCUT2D eigenvalue weighted by molar-refractivity contribution is 5.82. The van der Waals surface area contributed by atoms with E-state index in [1.165, 1.54) is 31.1 Å². The lowest BCUT2D eigenvalue weighted by Crippen LogP contribution is -2.46. The van der Waals surface area contributed by atoms with E-state index in [4.69, 9.17) is 10.2 Å². The number of nitrogens with one attached hydrogen (secondary N) is 1. The topological polar surface area (TPSA) is 89.9 Å². The molecule has 0 unspecified atom stereocenters. The number of hydrogen-bond donors (Lipinski definition) is 3. The molecule has 6 heteroatoms. The van der Waals surface area contributed by atoms with Crippen molar-refractivity contribution in [2.75, 3.05) is 14.1 Å². The molecule has 6 nitrogen and oxygen atoms in total. The van der Waals surface area contributed by atoms with Gasteiger partial charge in [-0.1, -0.05) is 12.1 Å². The van der Waals surface area contributed by atoms with Crippen LogP contribution in [0.25, 0.3) is 0 Å². The third kappa shape index (κ3) is 3.97. The molecule has 1 aromatic carbocycles. The van der Waals surface area contributed by atoms with Gasteiger partial charge in [0.25, 0.3) is 0 Å². The monoisotopic (exact) mass is 252 g/mol. The molecule has 3 N–H and O–H groups in total. The van der Waals surface area contributed by atoms with Crippen molar-refractivity contribution < 1.29 is 19.8 Å². The molecule has 0 aliphatic rings. The third-order valence-electron chi connectivity index (χ3n) is 2.38. The molecule has 0 spiro atoms. The Morgan fingerprint density at radius 2 is 1.83 bits per heavy atom. The fraction of sp³-hybridized carbons (Fsp3) is 0.333. The lowest BCUT2D eigenvalue weighted by molar-refractivity contribution is -0.139. The Labute approximate surface area is 105 Å². The number of phenolic OH excluding ortho intramolecular Hbond substituents is 1. The molecule has 0 saturated carbocycles. The molecule has 0 fully saturated rings. The molecule has 0 aromatic heterocycles. The smallest absolute Gasteiger partial charge is 0.326 e. The van der Waals surface area contributed by atoms with Crippen molar-refractivity contribution in [3.63, 3.8) is 0 Å². The number of aliphatic carboxylic acids is 1. The van der Waals surface area contributed by atoms with Crippen LogP contribution in [0.5, 0.6) is 5.75 Å². The summed E-state index contributed by atoms with van der Waals surface area (Å²) in [4.78, 5) is 23.7. The summed E-state index contributed by atoms with van der Waals surface area (Å²) >= 11 is 0. The predicted molar refractivity (Wildman–Crippen MR) is 65.5 cm³/mol. The van der Waals surface area contributed by atoms with Gasteiger partial charge in [-0.15, -0.1) is 0 Å². The molecular formula is C12H16N2O4. The zero-order valence-corrected chi connectivity index (χ0v) is 10.3. The van der Waals surface area contributed by atoms with Crippen LogP contribution in [0.2, 0.25) is 0 Å². The maximum atomic E-state index is 11.4. The highest BCUT2D eigenvalue weighted by Crippen LogP contribution is 2.11. The van der Waals surface area contributed by atoms with Crippen LogP contribution < -0.4 is 5.32 Å². The highest BCUT2D eigenvalue weighted by atomic mass is 16.4. The molecule has 0 aliphatic carbocycles. The van der Waals surface area contributed by atoms with Gasteiger partial charge in [0.2, 0.25) is 0 Å². The molecule has 98 valence electrons. The number of carbonyl (C=O) groups is 2. The van der Waals surface area contributed by atoms with Gasteiger partial charge in [0.1, 0.15) is 11.8 Å². The second-order valence-electron chi connectivity index (χ2n) is 4.11. The molecule has 0 bridgehead atoms. The summed E-state index contributed by atoms with van der Waals surface area (Å²) in [5, 5.41) is 20.6. The van der Waals surface area contributed by atoms with E-state index >= 15 is 0 Å². The van der Waals surface area contributed by atoms with Crippen LogP contribution in [-0.2, 0) is 11.2 Å². The molecule has 0 saturated heterocycles. The predicted octanol–water partition coefficient (Wildman–Crippen LogP) is 0.659. The zero-order valence-electron chi connectivity index (χ0n) is 10.3. The standard InChI is InChI=1S/C12H16N2O4/c1-14(2)12(18)13-10(11(16)17)7-8-3-5-9(15)6-4-8/h3-6,10,15H,7H2,1-2H3,(H,13,18)(H,16,17)/t10-/m0/s1. The van der Waals surface area contributed by atoms with Crippen molar-refractivity contribution in [3.05, 3.63) is 29.8 Å². The van der Waals surface area contributed by atoms with E-state index in [1.807, 2.05) is 0 Å². The molecule has 1 atom stereocenters. The average Bonchev–Trinajstić information content (AvgIpc) is 2.30. The van der Waals surface area contributed by atoms with Crippen molar-refractivity contribution >= 4 is 12.0 Å². The van der Waals surface area contributed by atoms with Gasteiger partial charge >= 0.3 is 12.0 Å². The summed E-state index contributed by atoms with van der Waals surface area (Å²) in [5.41, 5.74) is 0.722.